The summed E-state index contributed by atoms with van der Waals surface area (Å²) in [6, 6.07) is 0. The number of hydrogen-bond acceptors (Lipinski definition) is 8. The predicted octanol–water partition coefficient (Wildman–Crippen LogP) is 1.98. The van der Waals surface area contributed by atoms with Crippen molar-refractivity contribution in [1.29, 1.82) is 0 Å². The highest BCUT2D eigenvalue weighted by atomic mass is 35.5. The van der Waals surface area contributed by atoms with Crippen LogP contribution in [-0.2, 0) is 20.7 Å². The van der Waals surface area contributed by atoms with Gasteiger partial charge < -0.3 is 14.8 Å². The summed E-state index contributed by atoms with van der Waals surface area (Å²) in [5, 5.41) is 14.3. The molecule has 0 saturated carbocycles. The first-order valence-electron chi connectivity index (χ1n) is 7.44. The van der Waals surface area contributed by atoms with E-state index in [1.165, 1.54) is 7.11 Å². The Bertz CT molecular complexity index is 646. The molecule has 1 aliphatic heterocycles. The summed E-state index contributed by atoms with van der Waals surface area (Å²) in [7, 11) is 1.25. The number of methoxy groups -OCH3 is 1. The Balaban J connectivity index is 2.50. The maximum Gasteiger partial charge on any atom is 0.334 e. The lowest BCUT2D eigenvalue weighted by Crippen LogP contribution is -2.48. The van der Waals surface area contributed by atoms with Crippen molar-refractivity contribution >= 4 is 29.1 Å². The first kappa shape index (κ1) is 18.3. The molecule has 0 radical (unpaired) electrons. The highest BCUT2D eigenvalue weighted by Gasteiger charge is 2.45. The average Bonchev–Trinajstić information content (AvgIpc) is 2.94. The fourth-order valence-electron chi connectivity index (χ4n) is 2.58. The Morgan fingerprint density at radius 2 is 2.25 bits per heavy atom. The van der Waals surface area contributed by atoms with Crippen molar-refractivity contribution in [2.24, 2.45) is 5.92 Å². The van der Waals surface area contributed by atoms with Crippen LogP contribution < -0.4 is 5.32 Å². The van der Waals surface area contributed by atoms with Crippen LogP contribution >= 0.6 is 11.6 Å². The zero-order valence-corrected chi connectivity index (χ0v) is 14.4. The third-order valence-corrected chi connectivity index (χ3v) is 3.84. The fourth-order valence-corrected chi connectivity index (χ4v) is 2.76. The highest BCUT2D eigenvalue weighted by Crippen LogP contribution is 2.33. The van der Waals surface area contributed by atoms with E-state index in [2.05, 4.69) is 15.3 Å². The molecule has 1 saturated heterocycles. The Hall–Kier alpha value is -2.00. The molecule has 10 heteroatoms. The number of carbonyl (C=O) groups excluding carboxylic acids is 1. The Labute approximate surface area is 143 Å². The van der Waals surface area contributed by atoms with Gasteiger partial charge in [0.2, 0.25) is 11.1 Å². The molecule has 0 amide bonds. The summed E-state index contributed by atoms with van der Waals surface area (Å²) in [6.07, 6.45) is 0.660. The summed E-state index contributed by atoms with van der Waals surface area (Å²) in [5.74, 6) is -0.548. The smallest absolute Gasteiger partial charge is 0.334 e. The molecule has 2 heterocycles. The average molecular weight is 359 g/mol. The summed E-state index contributed by atoms with van der Waals surface area (Å²) >= 11 is 5.92. The van der Waals surface area contributed by atoms with Crippen LogP contribution in [0.2, 0.25) is 5.28 Å². The standard InChI is InChI=1S/C14H19ClN4O5/c1-8(2)6-9-10(19(21)22)11(17-13(15)16-9)18-14(12(20)23-3)4-5-24-7-14/h8H,4-7H2,1-3H3,(H,16,17,18). The quantitative estimate of drug-likeness (QED) is 0.355. The van der Waals surface area contributed by atoms with E-state index in [1.807, 2.05) is 13.8 Å². The van der Waals surface area contributed by atoms with Crippen LogP contribution in [0.15, 0.2) is 0 Å². The summed E-state index contributed by atoms with van der Waals surface area (Å²) < 4.78 is 10.1. The van der Waals surface area contributed by atoms with Crippen molar-refractivity contribution in [3.63, 3.8) is 0 Å². The molecular formula is C14H19ClN4O5. The van der Waals surface area contributed by atoms with Gasteiger partial charge in [0.05, 0.1) is 18.6 Å². The maximum atomic E-state index is 12.2. The van der Waals surface area contributed by atoms with E-state index in [0.717, 1.165) is 0 Å². The van der Waals surface area contributed by atoms with Crippen molar-refractivity contribution in [2.75, 3.05) is 25.6 Å². The molecule has 0 bridgehead atoms. The number of nitrogens with one attached hydrogen (secondary N) is 1. The molecule has 24 heavy (non-hydrogen) atoms. The topological polar surface area (TPSA) is 116 Å². The minimum Gasteiger partial charge on any atom is -0.467 e. The summed E-state index contributed by atoms with van der Waals surface area (Å²) in [6.45, 7) is 4.17. The lowest BCUT2D eigenvalue weighted by atomic mass is 9.98. The number of ether oxygens (including phenoxy) is 2. The predicted molar refractivity (Wildman–Crippen MR) is 86.0 cm³/mol. The zero-order valence-electron chi connectivity index (χ0n) is 13.7. The second-order valence-corrected chi connectivity index (χ2v) is 6.33. The summed E-state index contributed by atoms with van der Waals surface area (Å²) in [4.78, 5) is 31.0. The second-order valence-electron chi connectivity index (χ2n) is 5.99. The van der Waals surface area contributed by atoms with E-state index < -0.39 is 16.4 Å². The van der Waals surface area contributed by atoms with Gasteiger partial charge in [0.15, 0.2) is 5.54 Å². The van der Waals surface area contributed by atoms with E-state index in [1.54, 1.807) is 0 Å². The Morgan fingerprint density at radius 1 is 1.54 bits per heavy atom. The van der Waals surface area contributed by atoms with Crippen molar-refractivity contribution in [1.82, 2.24) is 9.97 Å². The van der Waals surface area contributed by atoms with E-state index in [9.17, 15) is 14.9 Å². The SMILES string of the molecule is COC(=O)C1(Nc2nc(Cl)nc(CC(C)C)c2[N+](=O)[O-])CCOC1. The van der Waals surface area contributed by atoms with E-state index in [-0.39, 0.29) is 35.0 Å². The highest BCUT2D eigenvalue weighted by molar-refractivity contribution is 6.28. The third kappa shape index (κ3) is 3.73. The van der Waals surface area contributed by atoms with Crippen LogP contribution in [0, 0.1) is 16.0 Å². The molecule has 9 nitrogen and oxygen atoms in total. The molecule has 1 aromatic rings. The number of esters is 1. The van der Waals surface area contributed by atoms with Gasteiger partial charge in [-0.1, -0.05) is 13.8 Å². The summed E-state index contributed by atoms with van der Waals surface area (Å²) in [5.41, 5.74) is -1.30. The molecule has 132 valence electrons. The van der Waals surface area contributed by atoms with Crippen LogP contribution in [0.3, 0.4) is 0 Å². The van der Waals surface area contributed by atoms with Crippen LogP contribution in [0.5, 0.6) is 0 Å². The fraction of sp³-hybridized carbons (Fsp3) is 0.643. The van der Waals surface area contributed by atoms with Gasteiger partial charge in [-0.05, 0) is 23.9 Å². The lowest BCUT2D eigenvalue weighted by Gasteiger charge is -2.26. The number of nitrogens with zero attached hydrogens (tertiary/aromatic N) is 3. The molecule has 0 aliphatic carbocycles. The molecule has 0 aromatic carbocycles. The molecule has 1 atom stereocenters. The molecule has 2 rings (SSSR count). The number of rotatable bonds is 6. The van der Waals surface area contributed by atoms with Gasteiger partial charge in [-0.15, -0.1) is 0 Å². The molecule has 1 aromatic heterocycles. The van der Waals surface area contributed by atoms with Gasteiger partial charge in [0.1, 0.15) is 5.69 Å². The zero-order chi connectivity index (χ0) is 17.9. The largest absolute Gasteiger partial charge is 0.467 e. The van der Waals surface area contributed by atoms with Crippen molar-refractivity contribution < 1.29 is 19.2 Å². The van der Waals surface area contributed by atoms with Gasteiger partial charge in [0.25, 0.3) is 0 Å². The number of nitro groups is 1. The van der Waals surface area contributed by atoms with Crippen LogP contribution in [-0.4, -0.2) is 46.7 Å². The second kappa shape index (κ2) is 7.27. The van der Waals surface area contributed by atoms with Crippen LogP contribution in [0.4, 0.5) is 11.5 Å². The first-order chi connectivity index (χ1) is 11.3. The monoisotopic (exact) mass is 358 g/mol. The van der Waals surface area contributed by atoms with Gasteiger partial charge >= 0.3 is 11.7 Å². The number of anilines is 1. The minimum absolute atomic E-state index is 0.0258. The van der Waals surface area contributed by atoms with Crippen LogP contribution in [0.1, 0.15) is 26.0 Å². The van der Waals surface area contributed by atoms with Crippen molar-refractivity contribution in [3.8, 4) is 0 Å². The molecule has 1 fully saturated rings. The van der Waals surface area contributed by atoms with Gasteiger partial charge in [0, 0.05) is 13.0 Å². The number of carbonyl (C=O) groups is 1. The first-order valence-corrected chi connectivity index (χ1v) is 7.82. The number of halogens is 1. The van der Waals surface area contributed by atoms with Gasteiger partial charge in [-0.25, -0.2) is 9.78 Å². The van der Waals surface area contributed by atoms with Gasteiger partial charge in [-0.3, -0.25) is 10.1 Å². The van der Waals surface area contributed by atoms with E-state index >= 15 is 0 Å². The minimum atomic E-state index is -1.23. The third-order valence-electron chi connectivity index (χ3n) is 3.67. The number of hydrogen-bond donors (Lipinski definition) is 1. The molecule has 0 spiro atoms. The van der Waals surface area contributed by atoms with Crippen molar-refractivity contribution in [3.05, 3.63) is 21.1 Å². The molecule has 1 aliphatic rings. The lowest BCUT2D eigenvalue weighted by molar-refractivity contribution is -0.385. The van der Waals surface area contributed by atoms with Gasteiger partial charge in [-0.2, -0.15) is 4.98 Å². The van der Waals surface area contributed by atoms with E-state index in [0.29, 0.717) is 19.4 Å². The number of aromatic nitrogens is 2. The Kier molecular flexibility index (Phi) is 5.55. The van der Waals surface area contributed by atoms with Crippen molar-refractivity contribution in [2.45, 2.75) is 32.2 Å². The molecule has 1 unspecified atom stereocenters. The Morgan fingerprint density at radius 3 is 2.75 bits per heavy atom. The molecule has 1 N–H and O–H groups in total. The van der Waals surface area contributed by atoms with Crippen LogP contribution in [0.25, 0.3) is 0 Å². The molecular weight excluding hydrogens is 340 g/mol. The normalized spacial score (nSPS) is 20.2. The van der Waals surface area contributed by atoms with E-state index in [4.69, 9.17) is 21.1 Å². The maximum absolute atomic E-state index is 12.2.